The van der Waals surface area contributed by atoms with E-state index in [0.29, 0.717) is 5.69 Å². The summed E-state index contributed by atoms with van der Waals surface area (Å²) in [6, 6.07) is 4.83. The van der Waals surface area contributed by atoms with Crippen LogP contribution in [-0.2, 0) is 0 Å². The summed E-state index contributed by atoms with van der Waals surface area (Å²) in [5.41, 5.74) is 0.818. The van der Waals surface area contributed by atoms with E-state index in [0.717, 1.165) is 4.43 Å². The number of carboxylic acid groups (broad SMARTS) is 1. The summed E-state index contributed by atoms with van der Waals surface area (Å²) in [5.74, 6) is -0.978. The summed E-state index contributed by atoms with van der Waals surface area (Å²) in [5, 5.41) is 19.5. The average Bonchev–Trinajstić information content (AvgIpc) is 2.69. The lowest BCUT2D eigenvalue weighted by Gasteiger charge is -2.03. The van der Waals surface area contributed by atoms with Gasteiger partial charge >= 0.3 is 5.97 Å². The Morgan fingerprint density at radius 3 is 2.80 bits per heavy atom. The van der Waals surface area contributed by atoms with Crippen molar-refractivity contribution in [3.05, 3.63) is 30.1 Å². The quantitative estimate of drug-likeness (QED) is 0.661. The molecule has 0 spiro atoms. The molecule has 0 aliphatic carbocycles. The van der Waals surface area contributed by atoms with E-state index in [9.17, 15) is 4.79 Å². The van der Waals surface area contributed by atoms with E-state index < -0.39 is 5.97 Å². The van der Waals surface area contributed by atoms with Gasteiger partial charge in [0.05, 0.1) is 11.3 Å². The average molecular weight is 216 g/mol. The van der Waals surface area contributed by atoms with E-state index in [1.807, 2.05) is 0 Å². The third-order valence-corrected chi connectivity index (χ3v) is 2.13. The van der Waals surface area contributed by atoms with E-state index in [-0.39, 0.29) is 5.56 Å². The molecular weight excluding hydrogens is 211 g/mol. The molecule has 0 aliphatic heterocycles. The van der Waals surface area contributed by atoms with Gasteiger partial charge < -0.3 is 5.11 Å². The highest BCUT2D eigenvalue weighted by Gasteiger charge is 2.06. The van der Waals surface area contributed by atoms with Gasteiger partial charge in [0.2, 0.25) is 0 Å². The summed E-state index contributed by atoms with van der Waals surface area (Å²) in [6.45, 7) is 0. The second kappa shape index (κ2) is 3.81. The Balaban J connectivity index is 2.54. The summed E-state index contributed by atoms with van der Waals surface area (Å²) in [6.07, 6.45) is 1.41. The van der Waals surface area contributed by atoms with Crippen molar-refractivity contribution in [2.75, 3.05) is 0 Å². The van der Waals surface area contributed by atoms with Gasteiger partial charge in [-0.3, -0.25) is 0 Å². The van der Waals surface area contributed by atoms with Crippen LogP contribution in [0.2, 0.25) is 0 Å². The van der Waals surface area contributed by atoms with Crippen molar-refractivity contribution in [2.45, 2.75) is 0 Å². The molecule has 0 fully saturated rings. The molecule has 1 N–H and O–H groups in total. The minimum atomic E-state index is -0.978. The zero-order valence-corrected chi connectivity index (χ0v) is 8.69. The lowest BCUT2D eigenvalue weighted by molar-refractivity contribution is 0.0697. The molecular formula is C8H5AlN4O2. The summed E-state index contributed by atoms with van der Waals surface area (Å²) < 4.78 is 2.17. The van der Waals surface area contributed by atoms with Crippen LogP contribution in [0.15, 0.2) is 24.5 Å². The number of benzene rings is 1. The fourth-order valence-electron chi connectivity index (χ4n) is 1.17. The Bertz CT molecular complexity index is 497. The van der Waals surface area contributed by atoms with Crippen molar-refractivity contribution in [1.82, 2.24) is 20.2 Å². The van der Waals surface area contributed by atoms with Gasteiger partial charge in [0.1, 0.15) is 6.33 Å². The fraction of sp³-hybridized carbons (Fsp3) is 0. The topological polar surface area (TPSA) is 80.9 Å². The fourth-order valence-corrected chi connectivity index (χ4v) is 1.52. The number of rotatable bonds is 2. The number of carbonyl (C=O) groups is 1. The maximum absolute atomic E-state index is 10.8. The molecule has 0 saturated heterocycles. The molecule has 72 valence electrons. The molecule has 2 radical (unpaired) electrons. The third kappa shape index (κ3) is 2.04. The first-order valence-electron chi connectivity index (χ1n) is 4.04. The minimum Gasteiger partial charge on any atom is -0.478 e. The van der Waals surface area contributed by atoms with Gasteiger partial charge in [-0.15, -0.1) is 9.52 Å². The number of nitrogens with zero attached hydrogens (tertiary/aromatic N) is 4. The van der Waals surface area contributed by atoms with E-state index >= 15 is 0 Å². The number of hydrogen-bond acceptors (Lipinski definition) is 4. The number of hydrogen-bond donors (Lipinski definition) is 1. The molecule has 1 aromatic heterocycles. The van der Waals surface area contributed by atoms with E-state index in [4.69, 9.17) is 5.11 Å². The highest BCUT2D eigenvalue weighted by Crippen LogP contribution is 2.06. The molecule has 7 heteroatoms. The molecule has 0 atom stereocenters. The van der Waals surface area contributed by atoms with Crippen LogP contribution in [0.5, 0.6) is 0 Å². The van der Waals surface area contributed by atoms with Crippen LogP contribution in [0.4, 0.5) is 0 Å². The Morgan fingerprint density at radius 1 is 1.40 bits per heavy atom. The highest BCUT2D eigenvalue weighted by molar-refractivity contribution is 6.32. The first kappa shape index (κ1) is 9.83. The summed E-state index contributed by atoms with van der Waals surface area (Å²) >= 11 is 2.44. The molecule has 0 unspecified atom stereocenters. The Kier molecular flexibility index (Phi) is 2.50. The molecule has 0 saturated carbocycles. The molecule has 0 amide bonds. The molecule has 0 aliphatic rings. The van der Waals surface area contributed by atoms with Crippen LogP contribution in [-0.4, -0.2) is 47.6 Å². The largest absolute Gasteiger partial charge is 0.478 e. The lowest BCUT2D eigenvalue weighted by atomic mass is 10.2. The van der Waals surface area contributed by atoms with E-state index in [2.05, 4.69) is 31.8 Å². The SMILES string of the molecule is O=C(O)c1c[c]([Al])cc(-n2cnnn2)c1. The van der Waals surface area contributed by atoms with Crippen molar-refractivity contribution in [3.8, 4) is 5.69 Å². The first-order valence-corrected chi connectivity index (χ1v) is 4.62. The zero-order chi connectivity index (χ0) is 10.8. The van der Waals surface area contributed by atoms with Crippen molar-refractivity contribution < 1.29 is 9.90 Å². The van der Waals surface area contributed by atoms with Crippen molar-refractivity contribution in [3.63, 3.8) is 0 Å². The van der Waals surface area contributed by atoms with Gasteiger partial charge in [-0.05, 0) is 16.5 Å². The Hall–Kier alpha value is -1.71. The maximum atomic E-state index is 10.8. The van der Waals surface area contributed by atoms with Crippen LogP contribution < -0.4 is 4.43 Å². The van der Waals surface area contributed by atoms with Gasteiger partial charge in [0.15, 0.2) is 16.3 Å². The van der Waals surface area contributed by atoms with E-state index in [1.54, 1.807) is 12.1 Å². The minimum absolute atomic E-state index is 0.202. The molecule has 0 bridgehead atoms. The molecule has 2 aromatic rings. The van der Waals surface area contributed by atoms with Gasteiger partial charge in [0, 0.05) is 0 Å². The second-order valence-corrected chi connectivity index (χ2v) is 3.54. The monoisotopic (exact) mass is 216 g/mol. The number of tetrazole rings is 1. The molecule has 1 aromatic carbocycles. The van der Waals surface area contributed by atoms with Gasteiger partial charge in [0.25, 0.3) is 0 Å². The normalized spacial score (nSPS) is 10.1. The highest BCUT2D eigenvalue weighted by atomic mass is 27.0. The number of aromatic carboxylic acids is 1. The van der Waals surface area contributed by atoms with Gasteiger partial charge in [-0.1, -0.05) is 12.1 Å². The van der Waals surface area contributed by atoms with Crippen LogP contribution in [0.1, 0.15) is 10.4 Å². The third-order valence-electron chi connectivity index (χ3n) is 1.80. The molecule has 6 nitrogen and oxygen atoms in total. The summed E-state index contributed by atoms with van der Waals surface area (Å²) in [7, 11) is 0. The molecule has 15 heavy (non-hydrogen) atoms. The molecule has 2 rings (SSSR count). The number of aromatic nitrogens is 4. The van der Waals surface area contributed by atoms with Crippen LogP contribution in [0.3, 0.4) is 0 Å². The summed E-state index contributed by atoms with van der Waals surface area (Å²) in [4.78, 5) is 10.8. The molecule has 1 heterocycles. The van der Waals surface area contributed by atoms with Crippen molar-refractivity contribution >= 4 is 26.7 Å². The zero-order valence-electron chi connectivity index (χ0n) is 7.53. The maximum Gasteiger partial charge on any atom is 0.335 e. The van der Waals surface area contributed by atoms with E-state index in [1.165, 1.54) is 17.1 Å². The van der Waals surface area contributed by atoms with Crippen molar-refractivity contribution in [2.24, 2.45) is 0 Å². The smallest absolute Gasteiger partial charge is 0.335 e. The second-order valence-electron chi connectivity index (χ2n) is 2.87. The standard InChI is InChI=1S/C8H5N4O2.Al/c13-8(14)6-2-1-3-7(4-6)12-5-9-10-11-12;/h2-5H,(H,13,14);. The predicted octanol–water partition coefficient (Wildman–Crippen LogP) is -0.846. The Labute approximate surface area is 93.0 Å². The van der Waals surface area contributed by atoms with Crippen LogP contribution >= 0.6 is 0 Å². The van der Waals surface area contributed by atoms with Crippen LogP contribution in [0.25, 0.3) is 5.69 Å². The first-order chi connectivity index (χ1) is 7.16. The van der Waals surface area contributed by atoms with Crippen molar-refractivity contribution in [1.29, 1.82) is 0 Å². The Morgan fingerprint density at radius 2 is 2.20 bits per heavy atom. The van der Waals surface area contributed by atoms with Crippen LogP contribution in [0, 0.1) is 0 Å². The lowest BCUT2D eigenvalue weighted by Crippen LogP contribution is -2.10. The van der Waals surface area contributed by atoms with Gasteiger partial charge in [-0.25, -0.2) is 9.48 Å². The van der Waals surface area contributed by atoms with Gasteiger partial charge in [-0.2, -0.15) is 0 Å². The number of carboxylic acids is 1. The predicted molar refractivity (Wildman–Crippen MR) is 51.5 cm³/mol.